The molecule has 9 heteroatoms. The van der Waals surface area contributed by atoms with Crippen LogP contribution in [0.5, 0.6) is 0 Å². The molecule has 32 heavy (non-hydrogen) atoms. The minimum absolute atomic E-state index is 0.212. The summed E-state index contributed by atoms with van der Waals surface area (Å²) >= 11 is 6.28. The van der Waals surface area contributed by atoms with E-state index in [1.54, 1.807) is 10.8 Å². The average Bonchev–Trinajstić information content (AvgIpc) is 3.46. The van der Waals surface area contributed by atoms with E-state index >= 15 is 0 Å². The number of thiocarbonyl (C=S) groups is 1. The highest BCUT2D eigenvalue weighted by Gasteiger charge is 2.33. The lowest BCUT2D eigenvalue weighted by molar-refractivity contribution is -0.140. The predicted molar refractivity (Wildman–Crippen MR) is 126 cm³/mol. The Morgan fingerprint density at radius 2 is 1.91 bits per heavy atom. The molecule has 0 saturated carbocycles. The third kappa shape index (κ3) is 3.72. The minimum Gasteiger partial charge on any atom is -0.480 e. The number of rotatable bonds is 5. The van der Waals surface area contributed by atoms with Crippen molar-refractivity contribution < 1.29 is 19.1 Å². The van der Waals surface area contributed by atoms with Crippen LogP contribution < -0.4 is 0 Å². The molecule has 158 valence electrons. The van der Waals surface area contributed by atoms with Gasteiger partial charge >= 0.3 is 5.97 Å². The first-order chi connectivity index (χ1) is 15.5. The Kier molecular flexibility index (Phi) is 5.12. The van der Waals surface area contributed by atoms with Gasteiger partial charge in [-0.15, -0.1) is 0 Å². The number of hydrogen-bond acceptors (Lipinski definition) is 6. The lowest BCUT2D eigenvalue weighted by atomic mass is 10.1. The molecule has 7 nitrogen and oxygen atoms in total. The van der Waals surface area contributed by atoms with Crippen molar-refractivity contribution in [3.8, 4) is 17.1 Å². The fourth-order valence-corrected chi connectivity index (χ4v) is 4.65. The van der Waals surface area contributed by atoms with Crippen LogP contribution >= 0.6 is 24.0 Å². The number of furan rings is 1. The number of thioether (sulfide) groups is 1. The molecule has 1 aliphatic heterocycles. The van der Waals surface area contributed by atoms with Crippen molar-refractivity contribution in [1.82, 2.24) is 14.7 Å². The number of benzene rings is 2. The van der Waals surface area contributed by atoms with Gasteiger partial charge in [-0.05, 0) is 30.3 Å². The second-order valence-electron chi connectivity index (χ2n) is 7.02. The molecule has 4 aromatic rings. The first kappa shape index (κ1) is 20.2. The van der Waals surface area contributed by atoms with Gasteiger partial charge in [-0.25, -0.2) is 4.68 Å². The number of aromatic nitrogens is 2. The Hall–Kier alpha value is -3.69. The van der Waals surface area contributed by atoms with Crippen molar-refractivity contribution in [1.29, 1.82) is 0 Å². The van der Waals surface area contributed by atoms with Crippen LogP contribution in [0.2, 0.25) is 0 Å². The number of hydrogen-bond donors (Lipinski definition) is 1. The monoisotopic (exact) mass is 461 g/mol. The number of carboxylic acid groups (broad SMARTS) is 1. The molecule has 0 atom stereocenters. The number of para-hydroxylation sites is 2. The molecule has 0 radical (unpaired) electrons. The fourth-order valence-electron chi connectivity index (χ4n) is 3.41. The van der Waals surface area contributed by atoms with Crippen LogP contribution in [0.1, 0.15) is 5.56 Å². The van der Waals surface area contributed by atoms with Crippen molar-refractivity contribution in [2.75, 3.05) is 6.54 Å². The van der Waals surface area contributed by atoms with E-state index in [9.17, 15) is 9.59 Å². The Morgan fingerprint density at radius 3 is 2.66 bits per heavy atom. The van der Waals surface area contributed by atoms with E-state index in [-0.39, 0.29) is 4.32 Å². The van der Waals surface area contributed by atoms with E-state index in [1.165, 1.54) is 0 Å². The summed E-state index contributed by atoms with van der Waals surface area (Å²) in [5.74, 6) is -0.999. The summed E-state index contributed by atoms with van der Waals surface area (Å²) in [5.41, 5.74) is 2.80. The lowest BCUT2D eigenvalue weighted by Gasteiger charge is -2.10. The minimum atomic E-state index is -1.12. The molecule has 0 unspecified atom stereocenters. The normalized spacial score (nSPS) is 15.2. The first-order valence-electron chi connectivity index (χ1n) is 9.61. The van der Waals surface area contributed by atoms with Gasteiger partial charge in [0.25, 0.3) is 5.91 Å². The zero-order valence-electron chi connectivity index (χ0n) is 16.5. The Morgan fingerprint density at radius 1 is 1.16 bits per heavy atom. The fraction of sp³-hybridized carbons (Fsp3) is 0.0435. The topological polar surface area (TPSA) is 88.6 Å². The van der Waals surface area contributed by atoms with Crippen molar-refractivity contribution in [2.24, 2.45) is 0 Å². The Balaban J connectivity index is 1.62. The summed E-state index contributed by atoms with van der Waals surface area (Å²) in [6.07, 6.45) is 3.48. The number of carbonyl (C=O) groups is 2. The van der Waals surface area contributed by atoms with E-state index < -0.39 is 18.4 Å². The molecule has 0 bridgehead atoms. The number of amides is 1. The van der Waals surface area contributed by atoms with Crippen LogP contribution in [0.15, 0.2) is 76.2 Å². The van der Waals surface area contributed by atoms with Gasteiger partial charge < -0.3 is 9.52 Å². The molecular weight excluding hydrogens is 446 g/mol. The van der Waals surface area contributed by atoms with Gasteiger partial charge in [0.05, 0.1) is 10.6 Å². The maximum Gasteiger partial charge on any atom is 0.323 e. The number of aliphatic carboxylic acids is 1. The van der Waals surface area contributed by atoms with Crippen LogP contribution in [0.25, 0.3) is 34.2 Å². The van der Waals surface area contributed by atoms with Gasteiger partial charge in [0, 0.05) is 17.1 Å². The molecular formula is C23H15N3O4S2. The SMILES string of the molecule is O=C(O)CN1C(=O)/C(=C/c2cn(-c3ccccc3)nc2-c2cc3ccccc3o2)SC1=S. The van der Waals surface area contributed by atoms with E-state index in [4.69, 9.17) is 26.8 Å². The summed E-state index contributed by atoms with van der Waals surface area (Å²) in [7, 11) is 0. The highest BCUT2D eigenvalue weighted by molar-refractivity contribution is 8.26. The summed E-state index contributed by atoms with van der Waals surface area (Å²) in [6, 6.07) is 19.1. The van der Waals surface area contributed by atoms with Gasteiger partial charge in [-0.1, -0.05) is 60.4 Å². The highest BCUT2D eigenvalue weighted by atomic mass is 32.2. The molecule has 1 aliphatic rings. The molecule has 0 spiro atoms. The highest BCUT2D eigenvalue weighted by Crippen LogP contribution is 2.36. The van der Waals surface area contributed by atoms with Crippen molar-refractivity contribution in [2.45, 2.75) is 0 Å². The number of carboxylic acids is 1. The zero-order chi connectivity index (χ0) is 22.2. The quantitative estimate of drug-likeness (QED) is 0.344. The van der Waals surface area contributed by atoms with Gasteiger partial charge in [-0.2, -0.15) is 5.10 Å². The molecule has 1 amide bonds. The lowest BCUT2D eigenvalue weighted by Crippen LogP contribution is -2.33. The molecule has 2 aromatic carbocycles. The molecule has 5 rings (SSSR count). The summed E-state index contributed by atoms with van der Waals surface area (Å²) in [5, 5.41) is 14.7. The van der Waals surface area contributed by atoms with Crippen LogP contribution in [0.3, 0.4) is 0 Å². The third-order valence-corrected chi connectivity index (χ3v) is 6.25. The van der Waals surface area contributed by atoms with Gasteiger partial charge in [0.15, 0.2) is 5.76 Å². The molecule has 2 aromatic heterocycles. The van der Waals surface area contributed by atoms with Gasteiger partial charge in [-0.3, -0.25) is 14.5 Å². The number of fused-ring (bicyclic) bond motifs is 1. The maximum absolute atomic E-state index is 12.8. The molecule has 0 aliphatic carbocycles. The van der Waals surface area contributed by atoms with Crippen LogP contribution in [0.4, 0.5) is 0 Å². The summed E-state index contributed by atoms with van der Waals surface area (Å²) in [4.78, 5) is 25.3. The van der Waals surface area contributed by atoms with E-state index in [0.717, 1.165) is 33.3 Å². The molecule has 3 heterocycles. The second kappa shape index (κ2) is 8.10. The van der Waals surface area contributed by atoms with E-state index in [2.05, 4.69) is 0 Å². The summed E-state index contributed by atoms with van der Waals surface area (Å²) < 4.78 is 7.95. The standard InChI is InChI=1S/C23H15N3O4S2/c27-20(28)13-25-22(29)19(32-23(25)31)11-15-12-26(16-7-2-1-3-8-16)24-21(15)18-10-14-6-4-5-9-17(14)30-18/h1-12H,13H2,(H,27,28)/b19-11-. The first-order valence-corrected chi connectivity index (χ1v) is 10.8. The van der Waals surface area contributed by atoms with Crippen molar-refractivity contribution in [3.63, 3.8) is 0 Å². The number of carbonyl (C=O) groups excluding carboxylic acids is 1. The Labute approximate surface area is 191 Å². The average molecular weight is 462 g/mol. The van der Waals surface area contributed by atoms with Crippen LogP contribution in [-0.4, -0.2) is 42.5 Å². The van der Waals surface area contributed by atoms with Gasteiger partial charge in [0.2, 0.25) is 0 Å². The van der Waals surface area contributed by atoms with Crippen molar-refractivity contribution >= 4 is 57.2 Å². The zero-order valence-corrected chi connectivity index (χ0v) is 18.1. The number of nitrogens with zero attached hydrogens (tertiary/aromatic N) is 3. The largest absolute Gasteiger partial charge is 0.480 e. The maximum atomic E-state index is 12.8. The molecule has 1 N–H and O–H groups in total. The summed E-state index contributed by atoms with van der Waals surface area (Å²) in [6.45, 7) is -0.471. The molecule has 1 fully saturated rings. The smallest absolute Gasteiger partial charge is 0.323 e. The van der Waals surface area contributed by atoms with Crippen LogP contribution in [-0.2, 0) is 9.59 Å². The second-order valence-corrected chi connectivity index (χ2v) is 8.70. The van der Waals surface area contributed by atoms with E-state index in [0.29, 0.717) is 21.9 Å². The van der Waals surface area contributed by atoms with Crippen molar-refractivity contribution in [3.05, 3.63) is 77.3 Å². The Bertz CT molecular complexity index is 1370. The van der Waals surface area contributed by atoms with E-state index in [1.807, 2.05) is 66.9 Å². The predicted octanol–water partition coefficient (Wildman–Crippen LogP) is 4.57. The van der Waals surface area contributed by atoms with Crippen LogP contribution in [0, 0.1) is 0 Å². The van der Waals surface area contributed by atoms with Gasteiger partial charge in [0.1, 0.15) is 22.1 Å². The molecule has 1 saturated heterocycles. The third-order valence-electron chi connectivity index (χ3n) is 4.88.